The first-order chi connectivity index (χ1) is 8.25. The number of fused-ring (bicyclic) bond motifs is 1. The third kappa shape index (κ3) is 1.81. The number of aryl methyl sites for hydroxylation is 1. The molecule has 1 aromatic carbocycles. The lowest BCUT2D eigenvalue weighted by atomic mass is 10.2. The summed E-state index contributed by atoms with van der Waals surface area (Å²) in [4.78, 5) is 9.86. The van der Waals surface area contributed by atoms with Crippen LogP contribution in [0.2, 0.25) is 5.15 Å². The highest BCUT2D eigenvalue weighted by molar-refractivity contribution is 7.17. The summed E-state index contributed by atoms with van der Waals surface area (Å²) in [5.74, 6) is 0.685. The largest absolute Gasteiger partial charge is 0.217 e. The maximum atomic E-state index is 6.21. The van der Waals surface area contributed by atoms with Crippen LogP contribution in [0, 0.1) is 6.92 Å². The van der Waals surface area contributed by atoms with Crippen molar-refractivity contribution in [3.63, 3.8) is 0 Å². The van der Waals surface area contributed by atoms with Crippen molar-refractivity contribution in [2.75, 3.05) is 0 Å². The molecule has 0 atom stereocenters. The van der Waals surface area contributed by atoms with Gasteiger partial charge in [0.05, 0.1) is 5.39 Å². The predicted octanol–water partition coefficient (Wildman–Crippen LogP) is 4.32. The van der Waals surface area contributed by atoms with Crippen LogP contribution >= 0.6 is 22.9 Å². The van der Waals surface area contributed by atoms with Gasteiger partial charge in [0.25, 0.3) is 0 Å². The van der Waals surface area contributed by atoms with Gasteiger partial charge in [-0.3, -0.25) is 0 Å². The first-order valence-electron chi connectivity index (χ1n) is 5.22. The number of halogens is 1. The molecule has 0 N–H and O–H groups in total. The molecule has 0 aliphatic carbocycles. The lowest BCUT2D eigenvalue weighted by Gasteiger charge is -2.01. The molecule has 3 rings (SSSR count). The van der Waals surface area contributed by atoms with Gasteiger partial charge in [-0.1, -0.05) is 41.9 Å². The topological polar surface area (TPSA) is 25.8 Å². The van der Waals surface area contributed by atoms with Crippen molar-refractivity contribution in [1.82, 2.24) is 9.97 Å². The van der Waals surface area contributed by atoms with Crippen LogP contribution in [0.3, 0.4) is 0 Å². The molecule has 0 fully saturated rings. The molecular weight excluding hydrogens is 252 g/mol. The molecule has 84 valence electrons. The van der Waals surface area contributed by atoms with E-state index in [-0.39, 0.29) is 0 Å². The third-order valence-corrected chi connectivity index (χ3v) is 3.87. The summed E-state index contributed by atoms with van der Waals surface area (Å²) >= 11 is 7.82. The van der Waals surface area contributed by atoms with Crippen LogP contribution in [0.25, 0.3) is 21.6 Å². The van der Waals surface area contributed by atoms with Gasteiger partial charge in [-0.25, -0.2) is 9.97 Å². The number of hydrogen-bond donors (Lipinski definition) is 0. The Kier molecular flexibility index (Phi) is 2.57. The van der Waals surface area contributed by atoms with Gasteiger partial charge in [-0.05, 0) is 17.9 Å². The van der Waals surface area contributed by atoms with Gasteiger partial charge in [0.2, 0.25) is 0 Å². The predicted molar refractivity (Wildman–Crippen MR) is 72.6 cm³/mol. The van der Waals surface area contributed by atoms with Gasteiger partial charge in [0.15, 0.2) is 5.82 Å². The highest BCUT2D eigenvalue weighted by Gasteiger charge is 2.10. The van der Waals surface area contributed by atoms with Crippen LogP contribution in [0.4, 0.5) is 0 Å². The summed E-state index contributed by atoms with van der Waals surface area (Å²) in [5.41, 5.74) is 2.12. The Bertz CT molecular complexity index is 676. The molecule has 3 aromatic rings. The standard InChI is InChI=1S/C13H9ClN2S/c1-8-7-17-13-10(8)11(14)15-12(16-13)9-5-3-2-4-6-9/h2-7H,1H3. The summed E-state index contributed by atoms with van der Waals surface area (Å²) in [6.07, 6.45) is 0. The number of benzene rings is 1. The lowest BCUT2D eigenvalue weighted by molar-refractivity contribution is 1.23. The van der Waals surface area contributed by atoms with E-state index < -0.39 is 0 Å². The van der Waals surface area contributed by atoms with E-state index in [1.807, 2.05) is 37.3 Å². The van der Waals surface area contributed by atoms with Crippen molar-refractivity contribution in [2.24, 2.45) is 0 Å². The minimum absolute atomic E-state index is 0.535. The second kappa shape index (κ2) is 4.09. The van der Waals surface area contributed by atoms with Crippen LogP contribution < -0.4 is 0 Å². The number of thiophene rings is 1. The van der Waals surface area contributed by atoms with Crippen LogP contribution in [0.1, 0.15) is 5.56 Å². The van der Waals surface area contributed by atoms with Crippen LogP contribution in [-0.4, -0.2) is 9.97 Å². The maximum Gasteiger partial charge on any atom is 0.162 e. The number of rotatable bonds is 1. The smallest absolute Gasteiger partial charge is 0.162 e. The molecule has 2 nitrogen and oxygen atoms in total. The van der Waals surface area contributed by atoms with Crippen molar-refractivity contribution >= 4 is 33.2 Å². The van der Waals surface area contributed by atoms with Gasteiger partial charge in [-0.15, -0.1) is 11.3 Å². The molecule has 0 aliphatic rings. The number of hydrogen-bond acceptors (Lipinski definition) is 3. The van der Waals surface area contributed by atoms with Crippen molar-refractivity contribution in [2.45, 2.75) is 6.92 Å². The molecule has 4 heteroatoms. The highest BCUT2D eigenvalue weighted by Crippen LogP contribution is 2.31. The lowest BCUT2D eigenvalue weighted by Crippen LogP contribution is -1.89. The Morgan fingerprint density at radius 3 is 2.65 bits per heavy atom. The highest BCUT2D eigenvalue weighted by atomic mass is 35.5. The SMILES string of the molecule is Cc1csc2nc(-c3ccccc3)nc(Cl)c12. The zero-order chi connectivity index (χ0) is 11.8. The molecule has 0 spiro atoms. The van der Waals surface area contributed by atoms with E-state index in [9.17, 15) is 0 Å². The molecule has 0 saturated carbocycles. The van der Waals surface area contributed by atoms with Gasteiger partial charge < -0.3 is 0 Å². The molecule has 0 amide bonds. The minimum Gasteiger partial charge on any atom is -0.217 e. The normalized spacial score (nSPS) is 10.9. The van der Waals surface area contributed by atoms with Crippen LogP contribution in [-0.2, 0) is 0 Å². The average molecular weight is 261 g/mol. The number of aromatic nitrogens is 2. The van der Waals surface area contributed by atoms with E-state index in [2.05, 4.69) is 15.3 Å². The van der Waals surface area contributed by atoms with E-state index >= 15 is 0 Å². The van der Waals surface area contributed by atoms with E-state index in [1.54, 1.807) is 11.3 Å². The van der Waals surface area contributed by atoms with Gasteiger partial charge in [0.1, 0.15) is 9.98 Å². The fraction of sp³-hybridized carbons (Fsp3) is 0.0769. The van der Waals surface area contributed by atoms with Crippen molar-refractivity contribution in [1.29, 1.82) is 0 Å². The van der Waals surface area contributed by atoms with Crippen molar-refractivity contribution < 1.29 is 0 Å². The van der Waals surface area contributed by atoms with Gasteiger partial charge in [0, 0.05) is 5.56 Å². The molecule has 0 aliphatic heterocycles. The second-order valence-electron chi connectivity index (χ2n) is 3.80. The molecule has 2 heterocycles. The molecule has 0 saturated heterocycles. The first-order valence-corrected chi connectivity index (χ1v) is 6.48. The fourth-order valence-electron chi connectivity index (χ4n) is 1.75. The molecule has 0 unspecified atom stereocenters. The molecule has 17 heavy (non-hydrogen) atoms. The molecule has 0 bridgehead atoms. The zero-order valence-electron chi connectivity index (χ0n) is 9.14. The summed E-state index contributed by atoms with van der Waals surface area (Å²) in [7, 11) is 0. The zero-order valence-corrected chi connectivity index (χ0v) is 10.7. The van der Waals surface area contributed by atoms with Crippen LogP contribution in [0.15, 0.2) is 35.7 Å². The fourth-order valence-corrected chi connectivity index (χ4v) is 3.05. The van der Waals surface area contributed by atoms with Gasteiger partial charge >= 0.3 is 0 Å². The Labute approximate surface area is 108 Å². The maximum absolute atomic E-state index is 6.21. The second-order valence-corrected chi connectivity index (χ2v) is 5.02. The minimum atomic E-state index is 0.535. The van der Waals surface area contributed by atoms with E-state index in [0.717, 1.165) is 21.3 Å². The Hall–Kier alpha value is -1.45. The summed E-state index contributed by atoms with van der Waals surface area (Å²) in [5, 5.41) is 3.56. The summed E-state index contributed by atoms with van der Waals surface area (Å²) < 4.78 is 0. The third-order valence-electron chi connectivity index (χ3n) is 2.61. The van der Waals surface area contributed by atoms with E-state index in [4.69, 9.17) is 11.6 Å². The van der Waals surface area contributed by atoms with E-state index in [0.29, 0.717) is 11.0 Å². The summed E-state index contributed by atoms with van der Waals surface area (Å²) in [6.45, 7) is 2.02. The quantitative estimate of drug-likeness (QED) is 0.609. The van der Waals surface area contributed by atoms with Gasteiger partial charge in [-0.2, -0.15) is 0 Å². The first kappa shape index (κ1) is 10.7. The van der Waals surface area contributed by atoms with Crippen LogP contribution in [0.5, 0.6) is 0 Å². The Morgan fingerprint density at radius 2 is 1.88 bits per heavy atom. The summed E-state index contributed by atoms with van der Waals surface area (Å²) in [6, 6.07) is 9.88. The van der Waals surface area contributed by atoms with Crippen molar-refractivity contribution in [3.05, 3.63) is 46.4 Å². The molecular formula is C13H9ClN2S. The van der Waals surface area contributed by atoms with E-state index in [1.165, 1.54) is 0 Å². The Morgan fingerprint density at radius 1 is 1.12 bits per heavy atom. The Balaban J connectivity index is 2.26. The number of nitrogens with zero attached hydrogens (tertiary/aromatic N) is 2. The average Bonchev–Trinajstić information content (AvgIpc) is 2.73. The molecule has 2 aromatic heterocycles. The monoisotopic (exact) mass is 260 g/mol. The van der Waals surface area contributed by atoms with Crippen molar-refractivity contribution in [3.8, 4) is 11.4 Å². The molecule has 0 radical (unpaired) electrons.